The molecule has 0 radical (unpaired) electrons. The van der Waals surface area contributed by atoms with Gasteiger partial charge in [-0.25, -0.2) is 4.98 Å². The molecule has 4 heteroatoms. The predicted octanol–water partition coefficient (Wildman–Crippen LogP) is 2.26. The van der Waals surface area contributed by atoms with Crippen molar-refractivity contribution in [1.82, 2.24) is 4.98 Å². The zero-order valence-electron chi connectivity index (χ0n) is 12.1. The number of nitrogens with two attached hydrogens (primary N) is 1. The third kappa shape index (κ3) is 3.91. The number of nitrogens with one attached hydrogen (secondary N) is 1. The van der Waals surface area contributed by atoms with Gasteiger partial charge >= 0.3 is 0 Å². The lowest BCUT2D eigenvalue weighted by atomic mass is 10.1. The normalized spacial score (nSPS) is 9.67. The Morgan fingerprint density at radius 2 is 2.10 bits per heavy atom. The molecule has 0 atom stereocenters. The first-order valence-electron chi connectivity index (χ1n) is 6.65. The van der Waals surface area contributed by atoms with Crippen molar-refractivity contribution in [2.24, 2.45) is 5.73 Å². The molecule has 0 bridgehead atoms. The van der Waals surface area contributed by atoms with Crippen LogP contribution in [0, 0.1) is 25.7 Å². The second kappa shape index (κ2) is 6.69. The molecule has 0 aliphatic heterocycles. The van der Waals surface area contributed by atoms with Crippen LogP contribution in [-0.2, 0) is 0 Å². The molecule has 106 valence electrons. The molecule has 0 aliphatic carbocycles. The first-order chi connectivity index (χ1) is 10.1. The van der Waals surface area contributed by atoms with Gasteiger partial charge in [-0.15, -0.1) is 0 Å². The molecule has 0 spiro atoms. The van der Waals surface area contributed by atoms with Crippen LogP contribution in [0.5, 0.6) is 0 Å². The lowest BCUT2D eigenvalue weighted by Gasteiger charge is -2.07. The van der Waals surface area contributed by atoms with Crippen molar-refractivity contribution in [1.29, 1.82) is 0 Å². The highest BCUT2D eigenvalue weighted by Gasteiger charge is 2.08. The average molecular weight is 279 g/mol. The van der Waals surface area contributed by atoms with E-state index in [1.165, 1.54) is 0 Å². The van der Waals surface area contributed by atoms with Crippen molar-refractivity contribution in [3.05, 3.63) is 58.9 Å². The fourth-order valence-corrected chi connectivity index (χ4v) is 1.89. The van der Waals surface area contributed by atoms with E-state index in [1.54, 1.807) is 6.07 Å². The lowest BCUT2D eigenvalue weighted by molar-refractivity contribution is 0.102. The van der Waals surface area contributed by atoms with Gasteiger partial charge in [-0.2, -0.15) is 0 Å². The highest BCUT2D eigenvalue weighted by Crippen LogP contribution is 2.15. The van der Waals surface area contributed by atoms with E-state index in [9.17, 15) is 4.79 Å². The number of hydrogen-bond donors (Lipinski definition) is 2. The lowest BCUT2D eigenvalue weighted by Crippen LogP contribution is -2.14. The van der Waals surface area contributed by atoms with Crippen molar-refractivity contribution in [2.45, 2.75) is 13.8 Å². The van der Waals surface area contributed by atoms with Crippen LogP contribution >= 0.6 is 0 Å². The molecule has 1 aromatic heterocycles. The van der Waals surface area contributed by atoms with E-state index in [0.29, 0.717) is 12.2 Å². The summed E-state index contributed by atoms with van der Waals surface area (Å²) < 4.78 is 0. The Balaban J connectivity index is 2.17. The van der Waals surface area contributed by atoms with Crippen LogP contribution in [0.3, 0.4) is 0 Å². The molecule has 2 rings (SSSR count). The molecule has 0 saturated carbocycles. The number of carbonyl (C=O) groups excluding carboxylic acids is 1. The summed E-state index contributed by atoms with van der Waals surface area (Å²) in [7, 11) is 0. The molecular weight excluding hydrogens is 262 g/mol. The van der Waals surface area contributed by atoms with E-state index < -0.39 is 0 Å². The Morgan fingerprint density at radius 1 is 1.29 bits per heavy atom. The number of hydrogen-bond acceptors (Lipinski definition) is 3. The number of pyridine rings is 1. The number of rotatable bonds is 2. The van der Waals surface area contributed by atoms with Gasteiger partial charge in [0, 0.05) is 16.9 Å². The molecule has 1 aromatic carbocycles. The summed E-state index contributed by atoms with van der Waals surface area (Å²) in [5.41, 5.74) is 9.20. The van der Waals surface area contributed by atoms with Gasteiger partial charge < -0.3 is 11.1 Å². The molecule has 1 amide bonds. The molecule has 21 heavy (non-hydrogen) atoms. The Labute approximate surface area is 124 Å². The van der Waals surface area contributed by atoms with Gasteiger partial charge in [-0.1, -0.05) is 17.9 Å². The van der Waals surface area contributed by atoms with Gasteiger partial charge in [-0.3, -0.25) is 4.79 Å². The summed E-state index contributed by atoms with van der Waals surface area (Å²) in [5, 5.41) is 2.84. The summed E-state index contributed by atoms with van der Waals surface area (Å²) in [4.78, 5) is 16.3. The van der Waals surface area contributed by atoms with Crippen molar-refractivity contribution < 1.29 is 4.79 Å². The monoisotopic (exact) mass is 279 g/mol. The summed E-state index contributed by atoms with van der Waals surface area (Å²) in [6.45, 7) is 4.13. The number of aromatic nitrogens is 1. The number of nitrogens with zero attached hydrogens (tertiary/aromatic N) is 1. The van der Waals surface area contributed by atoms with E-state index in [0.717, 1.165) is 22.5 Å². The summed E-state index contributed by atoms with van der Waals surface area (Å²) in [6, 6.07) is 10.9. The van der Waals surface area contributed by atoms with Crippen molar-refractivity contribution >= 4 is 11.6 Å². The first-order valence-corrected chi connectivity index (χ1v) is 6.65. The minimum Gasteiger partial charge on any atom is -0.321 e. The van der Waals surface area contributed by atoms with Crippen LogP contribution in [-0.4, -0.2) is 17.4 Å². The maximum absolute atomic E-state index is 12.1. The third-order valence-electron chi connectivity index (χ3n) is 2.93. The minimum atomic E-state index is -0.223. The molecule has 3 N–H and O–H groups in total. The van der Waals surface area contributed by atoms with Crippen LogP contribution in [0.1, 0.15) is 27.3 Å². The summed E-state index contributed by atoms with van der Waals surface area (Å²) in [5.74, 6) is 5.59. The van der Waals surface area contributed by atoms with E-state index >= 15 is 0 Å². The molecule has 0 aliphatic rings. The van der Waals surface area contributed by atoms with Crippen molar-refractivity contribution in [3.63, 3.8) is 0 Å². The zero-order chi connectivity index (χ0) is 15.2. The Kier molecular flexibility index (Phi) is 4.70. The topological polar surface area (TPSA) is 68.0 Å². The molecule has 0 unspecified atom stereocenters. The van der Waals surface area contributed by atoms with E-state index in [1.807, 2.05) is 44.2 Å². The fourth-order valence-electron chi connectivity index (χ4n) is 1.89. The van der Waals surface area contributed by atoms with Gasteiger partial charge in [0.15, 0.2) is 0 Å². The van der Waals surface area contributed by atoms with Gasteiger partial charge in [-0.05, 0) is 49.7 Å². The maximum Gasteiger partial charge on any atom is 0.274 e. The number of benzene rings is 1. The molecule has 2 aromatic rings. The second-order valence-corrected chi connectivity index (χ2v) is 4.65. The van der Waals surface area contributed by atoms with E-state index in [2.05, 4.69) is 22.1 Å². The van der Waals surface area contributed by atoms with Crippen LogP contribution in [0.15, 0.2) is 36.4 Å². The highest BCUT2D eigenvalue weighted by atomic mass is 16.1. The smallest absolute Gasteiger partial charge is 0.274 e. The largest absolute Gasteiger partial charge is 0.321 e. The average Bonchev–Trinajstić information content (AvgIpc) is 2.46. The highest BCUT2D eigenvalue weighted by molar-refractivity contribution is 6.02. The van der Waals surface area contributed by atoms with Crippen LogP contribution in [0.25, 0.3) is 0 Å². The van der Waals surface area contributed by atoms with Crippen molar-refractivity contribution in [3.8, 4) is 11.8 Å². The number of amides is 1. The first kappa shape index (κ1) is 14.8. The Morgan fingerprint density at radius 3 is 2.76 bits per heavy atom. The zero-order valence-corrected chi connectivity index (χ0v) is 12.1. The van der Waals surface area contributed by atoms with E-state index in [-0.39, 0.29) is 5.91 Å². The van der Waals surface area contributed by atoms with Crippen LogP contribution in [0.2, 0.25) is 0 Å². The Bertz CT molecular complexity index is 726. The second-order valence-electron chi connectivity index (χ2n) is 4.65. The van der Waals surface area contributed by atoms with E-state index in [4.69, 9.17) is 5.73 Å². The fraction of sp³-hybridized carbons (Fsp3) is 0.176. The van der Waals surface area contributed by atoms with Gasteiger partial charge in [0.25, 0.3) is 5.91 Å². The third-order valence-corrected chi connectivity index (χ3v) is 2.93. The maximum atomic E-state index is 12.1. The Hall–Kier alpha value is -2.64. The molecule has 4 nitrogen and oxygen atoms in total. The van der Waals surface area contributed by atoms with Gasteiger partial charge in [0.1, 0.15) is 5.69 Å². The van der Waals surface area contributed by atoms with Gasteiger partial charge in [0.05, 0.1) is 6.54 Å². The summed E-state index contributed by atoms with van der Waals surface area (Å²) in [6.07, 6.45) is 0. The number of aryl methyl sites for hydroxylation is 2. The molecule has 0 fully saturated rings. The summed E-state index contributed by atoms with van der Waals surface area (Å²) >= 11 is 0. The standard InChI is InChI=1S/C17H17N3O/c1-12-11-15(9-8-14(12)6-4-10-18)20-17(21)16-7-3-5-13(2)19-16/h3,5,7-9,11H,10,18H2,1-2H3,(H,20,21). The molecule has 1 heterocycles. The van der Waals surface area contributed by atoms with Crippen LogP contribution < -0.4 is 11.1 Å². The SMILES string of the molecule is Cc1cccc(C(=O)Nc2ccc(C#CCN)c(C)c2)n1. The predicted molar refractivity (Wildman–Crippen MR) is 84.0 cm³/mol. The van der Waals surface area contributed by atoms with Crippen molar-refractivity contribution in [2.75, 3.05) is 11.9 Å². The van der Waals surface area contributed by atoms with Crippen LogP contribution in [0.4, 0.5) is 5.69 Å². The minimum absolute atomic E-state index is 0.223. The van der Waals surface area contributed by atoms with Gasteiger partial charge in [0.2, 0.25) is 0 Å². The number of anilines is 1. The molecular formula is C17H17N3O. The molecule has 0 saturated heterocycles. The number of carbonyl (C=O) groups is 1. The quantitative estimate of drug-likeness (QED) is 0.829.